The zero-order valence-electron chi connectivity index (χ0n) is 14.5. The Labute approximate surface area is 149 Å². The molecule has 1 atom stereocenters. The minimum Gasteiger partial charge on any atom is -0.306 e. The molecule has 0 aliphatic rings. The van der Waals surface area contributed by atoms with Gasteiger partial charge in [-0.2, -0.15) is 0 Å². The number of rotatable bonds is 7. The molecule has 6 heteroatoms. The average Bonchev–Trinajstić information content (AvgIpc) is 2.60. The third-order valence-corrected chi connectivity index (χ3v) is 6.50. The Morgan fingerprint density at radius 1 is 1.04 bits per heavy atom. The van der Waals surface area contributed by atoms with Gasteiger partial charge in [0.15, 0.2) is 0 Å². The summed E-state index contributed by atoms with van der Waals surface area (Å²) in [6.07, 6.45) is 2.06. The molecular formula is C18H24N2O2S2. The van der Waals surface area contributed by atoms with Crippen molar-refractivity contribution in [3.8, 4) is 0 Å². The minimum atomic E-state index is -3.37. The molecule has 0 heterocycles. The van der Waals surface area contributed by atoms with E-state index in [0.717, 1.165) is 12.1 Å². The molecule has 0 aromatic heterocycles. The van der Waals surface area contributed by atoms with Crippen molar-refractivity contribution in [2.75, 3.05) is 20.4 Å². The Bertz CT molecular complexity index is 755. The van der Waals surface area contributed by atoms with Gasteiger partial charge in [0.25, 0.3) is 0 Å². The predicted octanol–water partition coefficient (Wildman–Crippen LogP) is 3.51. The second kappa shape index (κ2) is 8.16. The van der Waals surface area contributed by atoms with Gasteiger partial charge >= 0.3 is 0 Å². The number of thioether (sulfide) groups is 1. The van der Waals surface area contributed by atoms with E-state index in [-0.39, 0.29) is 6.04 Å². The maximum Gasteiger partial charge on any atom is 0.242 e. The summed E-state index contributed by atoms with van der Waals surface area (Å²) in [6, 6.07) is 15.7. The number of sulfonamides is 1. The zero-order chi connectivity index (χ0) is 17.7. The first kappa shape index (κ1) is 19.0. The molecule has 0 fully saturated rings. The van der Waals surface area contributed by atoms with Crippen molar-refractivity contribution in [2.45, 2.75) is 29.3 Å². The van der Waals surface area contributed by atoms with E-state index in [1.165, 1.54) is 28.9 Å². The molecule has 2 aromatic carbocycles. The highest BCUT2D eigenvalue weighted by atomic mass is 32.2. The fourth-order valence-electron chi connectivity index (χ4n) is 2.27. The van der Waals surface area contributed by atoms with Crippen molar-refractivity contribution in [1.82, 2.24) is 9.62 Å². The molecule has 24 heavy (non-hydrogen) atoms. The summed E-state index contributed by atoms with van der Waals surface area (Å²) in [5.74, 6) is 0. The lowest BCUT2D eigenvalue weighted by Crippen LogP contribution is -2.22. The van der Waals surface area contributed by atoms with Crippen LogP contribution in [0, 0.1) is 0 Å². The van der Waals surface area contributed by atoms with Crippen LogP contribution < -0.4 is 5.32 Å². The maximum absolute atomic E-state index is 12.1. The summed E-state index contributed by atoms with van der Waals surface area (Å²) in [6.45, 7) is 2.85. The van der Waals surface area contributed by atoms with Crippen LogP contribution in [0.1, 0.15) is 24.1 Å². The largest absolute Gasteiger partial charge is 0.306 e. The van der Waals surface area contributed by atoms with E-state index in [2.05, 4.69) is 42.8 Å². The molecule has 0 saturated carbocycles. The highest BCUT2D eigenvalue weighted by molar-refractivity contribution is 7.98. The molecule has 0 saturated heterocycles. The van der Waals surface area contributed by atoms with Crippen LogP contribution >= 0.6 is 11.8 Å². The lowest BCUT2D eigenvalue weighted by atomic mass is 10.1. The molecule has 2 aromatic rings. The van der Waals surface area contributed by atoms with Crippen molar-refractivity contribution < 1.29 is 8.42 Å². The number of hydrogen-bond acceptors (Lipinski definition) is 4. The monoisotopic (exact) mass is 364 g/mol. The van der Waals surface area contributed by atoms with Crippen LogP contribution in [0.5, 0.6) is 0 Å². The van der Waals surface area contributed by atoms with Crippen LogP contribution in [0.2, 0.25) is 0 Å². The van der Waals surface area contributed by atoms with Gasteiger partial charge in [0.05, 0.1) is 4.90 Å². The summed E-state index contributed by atoms with van der Waals surface area (Å²) in [4.78, 5) is 1.57. The van der Waals surface area contributed by atoms with E-state index in [0.29, 0.717) is 4.90 Å². The van der Waals surface area contributed by atoms with E-state index in [1.54, 1.807) is 23.9 Å². The van der Waals surface area contributed by atoms with Crippen molar-refractivity contribution in [3.63, 3.8) is 0 Å². The molecule has 4 nitrogen and oxygen atoms in total. The number of nitrogens with zero attached hydrogens (tertiary/aromatic N) is 1. The fraction of sp³-hybridized carbons (Fsp3) is 0.333. The fourth-order valence-corrected chi connectivity index (χ4v) is 3.58. The van der Waals surface area contributed by atoms with Crippen LogP contribution in [-0.4, -0.2) is 33.1 Å². The van der Waals surface area contributed by atoms with Crippen LogP contribution in [0.3, 0.4) is 0 Å². The topological polar surface area (TPSA) is 49.4 Å². The summed E-state index contributed by atoms with van der Waals surface area (Å²) in [5, 5.41) is 3.47. The standard InChI is InChI=1S/C18H24N2O2S2/c1-14(19-13-15-5-9-17(23-4)10-6-15)16-7-11-18(12-8-16)24(21,22)20(2)3/h5-12,14,19H,13H2,1-4H3. The Morgan fingerprint density at radius 3 is 2.12 bits per heavy atom. The molecule has 0 radical (unpaired) electrons. The maximum atomic E-state index is 12.1. The average molecular weight is 365 g/mol. The van der Waals surface area contributed by atoms with Crippen molar-refractivity contribution in [3.05, 3.63) is 59.7 Å². The van der Waals surface area contributed by atoms with Crippen molar-refractivity contribution in [2.24, 2.45) is 0 Å². The third kappa shape index (κ3) is 4.60. The number of benzene rings is 2. The van der Waals surface area contributed by atoms with Crippen molar-refractivity contribution in [1.29, 1.82) is 0 Å². The van der Waals surface area contributed by atoms with E-state index in [4.69, 9.17) is 0 Å². The summed E-state index contributed by atoms with van der Waals surface area (Å²) >= 11 is 1.73. The van der Waals surface area contributed by atoms with E-state index in [1.807, 2.05) is 12.1 Å². The summed E-state index contributed by atoms with van der Waals surface area (Å²) in [5.41, 5.74) is 2.29. The zero-order valence-corrected chi connectivity index (χ0v) is 16.1. The van der Waals surface area contributed by atoms with Gasteiger partial charge in [-0.05, 0) is 48.6 Å². The molecular weight excluding hydrogens is 340 g/mol. The lowest BCUT2D eigenvalue weighted by Gasteiger charge is -2.16. The molecule has 0 spiro atoms. The molecule has 1 N–H and O–H groups in total. The van der Waals surface area contributed by atoms with Gasteiger partial charge in [-0.3, -0.25) is 0 Å². The smallest absolute Gasteiger partial charge is 0.242 e. The molecule has 0 bridgehead atoms. The number of nitrogens with one attached hydrogen (secondary N) is 1. The molecule has 2 rings (SSSR count). The molecule has 0 aliphatic heterocycles. The molecule has 1 unspecified atom stereocenters. The van der Waals surface area contributed by atoms with E-state index >= 15 is 0 Å². The second-order valence-electron chi connectivity index (χ2n) is 5.81. The first-order valence-corrected chi connectivity index (χ1v) is 10.4. The van der Waals surface area contributed by atoms with E-state index < -0.39 is 10.0 Å². The van der Waals surface area contributed by atoms with Crippen LogP contribution in [-0.2, 0) is 16.6 Å². The van der Waals surface area contributed by atoms with Gasteiger partial charge in [-0.15, -0.1) is 11.8 Å². The lowest BCUT2D eigenvalue weighted by molar-refractivity contribution is 0.520. The van der Waals surface area contributed by atoms with Gasteiger partial charge < -0.3 is 5.32 Å². The Kier molecular flexibility index (Phi) is 6.46. The Morgan fingerprint density at radius 2 is 1.62 bits per heavy atom. The van der Waals surface area contributed by atoms with Gasteiger partial charge in [-0.1, -0.05) is 24.3 Å². The van der Waals surface area contributed by atoms with Gasteiger partial charge in [0.1, 0.15) is 0 Å². The van der Waals surface area contributed by atoms with Gasteiger partial charge in [-0.25, -0.2) is 12.7 Å². The Hall–Kier alpha value is -1.34. The van der Waals surface area contributed by atoms with Gasteiger partial charge in [0, 0.05) is 31.6 Å². The summed E-state index contributed by atoms with van der Waals surface area (Å²) < 4.78 is 25.4. The number of hydrogen-bond donors (Lipinski definition) is 1. The SMILES string of the molecule is CSc1ccc(CNC(C)c2ccc(S(=O)(=O)N(C)C)cc2)cc1. The third-order valence-electron chi connectivity index (χ3n) is 3.93. The normalized spacial score (nSPS) is 13.2. The molecule has 130 valence electrons. The predicted molar refractivity (Wildman–Crippen MR) is 101 cm³/mol. The highest BCUT2D eigenvalue weighted by Crippen LogP contribution is 2.19. The van der Waals surface area contributed by atoms with Crippen molar-refractivity contribution >= 4 is 21.8 Å². The summed E-state index contributed by atoms with van der Waals surface area (Å²) in [7, 11) is -0.295. The molecule has 0 aliphatic carbocycles. The first-order chi connectivity index (χ1) is 11.3. The van der Waals surface area contributed by atoms with Crippen LogP contribution in [0.15, 0.2) is 58.3 Å². The second-order valence-corrected chi connectivity index (χ2v) is 8.84. The Balaban J connectivity index is 2.00. The quantitative estimate of drug-likeness (QED) is 0.764. The molecule has 0 amide bonds. The van der Waals surface area contributed by atoms with Gasteiger partial charge in [0.2, 0.25) is 10.0 Å². The minimum absolute atomic E-state index is 0.140. The highest BCUT2D eigenvalue weighted by Gasteiger charge is 2.17. The van der Waals surface area contributed by atoms with Crippen LogP contribution in [0.25, 0.3) is 0 Å². The first-order valence-electron chi connectivity index (χ1n) is 7.73. The van der Waals surface area contributed by atoms with Crippen LogP contribution in [0.4, 0.5) is 0 Å². The van der Waals surface area contributed by atoms with E-state index in [9.17, 15) is 8.42 Å².